The van der Waals surface area contributed by atoms with Crippen molar-refractivity contribution >= 4 is 37.5 Å². The van der Waals surface area contributed by atoms with Gasteiger partial charge >= 0.3 is 0 Å². The number of rotatable bonds is 7. The number of amides is 1. The molecule has 1 aliphatic rings. The van der Waals surface area contributed by atoms with Crippen molar-refractivity contribution in [2.24, 2.45) is 4.99 Å². The Morgan fingerprint density at radius 3 is 2.61 bits per heavy atom. The van der Waals surface area contributed by atoms with Crippen molar-refractivity contribution in [1.82, 2.24) is 8.87 Å². The Balaban J connectivity index is 1.64. The summed E-state index contributed by atoms with van der Waals surface area (Å²) in [5.41, 5.74) is 0.617. The molecule has 1 fully saturated rings. The summed E-state index contributed by atoms with van der Waals surface area (Å²) in [5.74, 6) is -0.936. The molecule has 1 aliphatic heterocycles. The van der Waals surface area contributed by atoms with Gasteiger partial charge in [-0.05, 0) is 43.3 Å². The Hall–Kier alpha value is -2.44. The molecule has 0 spiro atoms. The highest BCUT2D eigenvalue weighted by Crippen LogP contribution is 2.21. The van der Waals surface area contributed by atoms with Gasteiger partial charge in [-0.2, -0.15) is 9.30 Å². The number of hydrogen-bond acceptors (Lipinski definition) is 6. The molecule has 8 nitrogen and oxygen atoms in total. The van der Waals surface area contributed by atoms with Crippen LogP contribution in [0, 0.1) is 5.82 Å². The number of halogens is 1. The minimum absolute atomic E-state index is 0.108. The standard InChI is InChI=1S/C22H24FN3O5S2/c1-2-30-15-12-26-20-18(23)4-3-5-19(20)32-22(26)24-21(27)16-6-8-17(9-7-16)33(28,29)25-10-13-31-14-11-25/h3-9H,2,10-15H2,1H3. The highest BCUT2D eigenvalue weighted by Gasteiger charge is 2.26. The second-order valence-corrected chi connectivity index (χ2v) is 10.2. The van der Waals surface area contributed by atoms with Gasteiger partial charge in [0.15, 0.2) is 4.80 Å². The number of fused-ring (bicyclic) bond motifs is 1. The van der Waals surface area contributed by atoms with Crippen molar-refractivity contribution < 1.29 is 27.1 Å². The third-order valence-electron chi connectivity index (χ3n) is 5.22. The molecule has 1 saturated heterocycles. The molecule has 0 aliphatic carbocycles. The third-order valence-corrected chi connectivity index (χ3v) is 8.18. The van der Waals surface area contributed by atoms with Gasteiger partial charge in [-0.15, -0.1) is 0 Å². The molecule has 2 heterocycles. The maximum atomic E-state index is 14.5. The molecule has 2 aromatic carbocycles. The van der Waals surface area contributed by atoms with Gasteiger partial charge < -0.3 is 14.0 Å². The van der Waals surface area contributed by atoms with Gasteiger partial charge in [-0.1, -0.05) is 17.4 Å². The molecule has 0 unspecified atom stereocenters. The molecule has 0 bridgehead atoms. The number of carbonyl (C=O) groups is 1. The number of hydrogen-bond donors (Lipinski definition) is 0. The monoisotopic (exact) mass is 493 g/mol. The van der Waals surface area contributed by atoms with E-state index >= 15 is 0 Å². The molecule has 1 aromatic heterocycles. The van der Waals surface area contributed by atoms with E-state index in [1.165, 1.54) is 46.0 Å². The first-order valence-electron chi connectivity index (χ1n) is 10.5. The van der Waals surface area contributed by atoms with E-state index in [1.807, 2.05) is 6.92 Å². The van der Waals surface area contributed by atoms with Crippen LogP contribution in [0.5, 0.6) is 0 Å². The molecule has 0 radical (unpaired) electrons. The second-order valence-electron chi connectivity index (χ2n) is 7.28. The van der Waals surface area contributed by atoms with Crippen molar-refractivity contribution in [2.45, 2.75) is 18.4 Å². The number of carbonyl (C=O) groups excluding carboxylic acids is 1. The summed E-state index contributed by atoms with van der Waals surface area (Å²) in [6.07, 6.45) is 0. The van der Waals surface area contributed by atoms with E-state index in [2.05, 4.69) is 4.99 Å². The smallest absolute Gasteiger partial charge is 0.279 e. The van der Waals surface area contributed by atoms with Crippen LogP contribution in [0.1, 0.15) is 17.3 Å². The quantitative estimate of drug-likeness (QED) is 0.472. The van der Waals surface area contributed by atoms with E-state index in [-0.39, 0.29) is 10.5 Å². The van der Waals surface area contributed by atoms with Gasteiger partial charge in [0, 0.05) is 31.8 Å². The van der Waals surface area contributed by atoms with Crippen molar-refractivity contribution in [3.05, 3.63) is 58.6 Å². The van der Waals surface area contributed by atoms with Crippen LogP contribution in [0.2, 0.25) is 0 Å². The van der Waals surface area contributed by atoms with Crippen LogP contribution >= 0.6 is 11.3 Å². The fourth-order valence-electron chi connectivity index (χ4n) is 3.54. The zero-order chi connectivity index (χ0) is 23.4. The number of nitrogens with zero attached hydrogens (tertiary/aromatic N) is 3. The van der Waals surface area contributed by atoms with Crippen LogP contribution in [0.25, 0.3) is 10.2 Å². The van der Waals surface area contributed by atoms with E-state index in [1.54, 1.807) is 16.7 Å². The highest BCUT2D eigenvalue weighted by molar-refractivity contribution is 7.89. The summed E-state index contributed by atoms with van der Waals surface area (Å²) in [5, 5.41) is 0. The number of para-hydroxylation sites is 1. The lowest BCUT2D eigenvalue weighted by molar-refractivity contribution is 0.0730. The Labute approximate surface area is 194 Å². The summed E-state index contributed by atoms with van der Waals surface area (Å²) >= 11 is 1.21. The minimum Gasteiger partial charge on any atom is -0.380 e. The first kappa shape index (κ1) is 23.7. The summed E-state index contributed by atoms with van der Waals surface area (Å²) < 4.78 is 54.3. The van der Waals surface area contributed by atoms with E-state index in [0.29, 0.717) is 61.1 Å². The van der Waals surface area contributed by atoms with Crippen LogP contribution in [0.3, 0.4) is 0 Å². The van der Waals surface area contributed by atoms with Gasteiger partial charge in [-0.25, -0.2) is 12.8 Å². The molecular weight excluding hydrogens is 469 g/mol. The maximum absolute atomic E-state index is 14.5. The van der Waals surface area contributed by atoms with E-state index in [0.717, 1.165) is 0 Å². The number of benzene rings is 2. The zero-order valence-corrected chi connectivity index (χ0v) is 19.7. The van der Waals surface area contributed by atoms with Crippen molar-refractivity contribution in [2.75, 3.05) is 39.5 Å². The van der Waals surface area contributed by atoms with Crippen LogP contribution in [0.15, 0.2) is 52.4 Å². The Bertz CT molecular complexity index is 1310. The van der Waals surface area contributed by atoms with E-state index in [9.17, 15) is 17.6 Å². The van der Waals surface area contributed by atoms with Crippen molar-refractivity contribution in [3.63, 3.8) is 0 Å². The zero-order valence-electron chi connectivity index (χ0n) is 18.1. The van der Waals surface area contributed by atoms with Gasteiger partial charge in [0.25, 0.3) is 5.91 Å². The minimum atomic E-state index is -3.65. The van der Waals surface area contributed by atoms with Gasteiger partial charge in [-0.3, -0.25) is 4.79 Å². The molecule has 0 N–H and O–H groups in total. The summed E-state index contributed by atoms with van der Waals surface area (Å²) in [6.45, 7) is 4.39. The molecule has 11 heteroatoms. The Morgan fingerprint density at radius 1 is 1.18 bits per heavy atom. The van der Waals surface area contributed by atoms with Crippen LogP contribution in [0.4, 0.5) is 4.39 Å². The SMILES string of the molecule is CCOCCn1c(=NC(=O)c2ccc(S(=O)(=O)N3CCOCC3)cc2)sc2cccc(F)c21. The Morgan fingerprint density at radius 2 is 1.91 bits per heavy atom. The molecule has 1 amide bonds. The largest absolute Gasteiger partial charge is 0.380 e. The van der Waals surface area contributed by atoms with Gasteiger partial charge in [0.1, 0.15) is 5.82 Å². The molecular formula is C22H24FN3O5S2. The van der Waals surface area contributed by atoms with Crippen molar-refractivity contribution in [1.29, 1.82) is 0 Å². The van der Waals surface area contributed by atoms with Crippen LogP contribution < -0.4 is 4.80 Å². The lowest BCUT2D eigenvalue weighted by atomic mass is 10.2. The maximum Gasteiger partial charge on any atom is 0.279 e. The predicted octanol–water partition coefficient (Wildman–Crippen LogP) is 2.64. The summed E-state index contributed by atoms with van der Waals surface area (Å²) in [4.78, 5) is 17.5. The average Bonchev–Trinajstić information content (AvgIpc) is 3.18. The number of aromatic nitrogens is 1. The van der Waals surface area contributed by atoms with Crippen LogP contribution in [-0.4, -0.2) is 62.7 Å². The third kappa shape index (κ3) is 5.07. The average molecular weight is 494 g/mol. The lowest BCUT2D eigenvalue weighted by Crippen LogP contribution is -2.40. The number of morpholine rings is 1. The molecule has 4 rings (SSSR count). The van der Waals surface area contributed by atoms with Gasteiger partial charge in [0.2, 0.25) is 10.0 Å². The molecule has 176 valence electrons. The van der Waals surface area contributed by atoms with Crippen LogP contribution in [-0.2, 0) is 26.0 Å². The van der Waals surface area contributed by atoms with E-state index < -0.39 is 21.7 Å². The second kappa shape index (κ2) is 10.2. The number of ether oxygens (including phenoxy) is 2. The normalized spacial score (nSPS) is 15.9. The molecule has 3 aromatic rings. The number of sulfonamides is 1. The first-order valence-corrected chi connectivity index (χ1v) is 12.8. The predicted molar refractivity (Wildman–Crippen MR) is 122 cm³/mol. The highest BCUT2D eigenvalue weighted by atomic mass is 32.2. The fourth-order valence-corrected chi connectivity index (χ4v) is 6.01. The van der Waals surface area contributed by atoms with Gasteiger partial charge in [0.05, 0.1) is 34.9 Å². The Kier molecular flexibility index (Phi) is 7.35. The first-order chi connectivity index (χ1) is 15.9. The fraction of sp³-hybridized carbons (Fsp3) is 0.364. The lowest BCUT2D eigenvalue weighted by Gasteiger charge is -2.26. The topological polar surface area (TPSA) is 90.2 Å². The molecule has 0 atom stereocenters. The summed E-state index contributed by atoms with van der Waals surface area (Å²) in [7, 11) is -3.65. The van der Waals surface area contributed by atoms with E-state index in [4.69, 9.17) is 9.47 Å². The number of thiazole rings is 1. The summed E-state index contributed by atoms with van der Waals surface area (Å²) in [6, 6.07) is 10.4. The van der Waals surface area contributed by atoms with Crippen molar-refractivity contribution in [3.8, 4) is 0 Å². The molecule has 0 saturated carbocycles. The molecule has 33 heavy (non-hydrogen) atoms.